The van der Waals surface area contributed by atoms with E-state index in [4.69, 9.17) is 0 Å². The summed E-state index contributed by atoms with van der Waals surface area (Å²) in [7, 11) is 0. The highest BCUT2D eigenvalue weighted by Gasteiger charge is 2.26. The number of hydrogen-bond donors (Lipinski definition) is 1. The lowest BCUT2D eigenvalue weighted by Crippen LogP contribution is -2.40. The van der Waals surface area contributed by atoms with Gasteiger partial charge in [-0.15, -0.1) is 0 Å². The average molecular weight is 267 g/mol. The summed E-state index contributed by atoms with van der Waals surface area (Å²) >= 11 is 0. The molecule has 1 fully saturated rings. The van der Waals surface area contributed by atoms with Gasteiger partial charge in [0.05, 0.1) is 0 Å². The smallest absolute Gasteiger partial charge is 0.129 e. The Bertz CT molecular complexity index is 385. The summed E-state index contributed by atoms with van der Waals surface area (Å²) in [5, 5.41) is 3.54. The molecular formula is C16H23F2N. The quantitative estimate of drug-likeness (QED) is 0.848. The van der Waals surface area contributed by atoms with E-state index in [9.17, 15) is 8.78 Å². The van der Waals surface area contributed by atoms with Crippen LogP contribution in [0.1, 0.15) is 44.6 Å². The van der Waals surface area contributed by atoms with Crippen LogP contribution in [0.25, 0.3) is 0 Å². The molecule has 1 aliphatic rings. The van der Waals surface area contributed by atoms with Crippen LogP contribution in [0.4, 0.5) is 8.78 Å². The Kier molecular flexibility index (Phi) is 5.32. The van der Waals surface area contributed by atoms with E-state index >= 15 is 0 Å². The summed E-state index contributed by atoms with van der Waals surface area (Å²) in [5.74, 6) is -0.452. The Labute approximate surface area is 114 Å². The van der Waals surface area contributed by atoms with Crippen LogP contribution in [-0.4, -0.2) is 12.6 Å². The molecule has 0 spiro atoms. The summed E-state index contributed by atoms with van der Waals surface area (Å²) in [6.07, 6.45) is 6.19. The Balaban J connectivity index is 2.06. The largest absolute Gasteiger partial charge is 0.314 e. The second kappa shape index (κ2) is 6.99. The van der Waals surface area contributed by atoms with Crippen molar-refractivity contribution in [3.8, 4) is 0 Å². The van der Waals surface area contributed by atoms with Gasteiger partial charge in [0, 0.05) is 11.6 Å². The molecule has 106 valence electrons. The van der Waals surface area contributed by atoms with Crippen LogP contribution in [-0.2, 0) is 6.42 Å². The van der Waals surface area contributed by atoms with E-state index in [0.717, 1.165) is 25.8 Å². The average Bonchev–Trinajstić information content (AvgIpc) is 2.42. The monoisotopic (exact) mass is 267 g/mol. The molecule has 0 bridgehead atoms. The zero-order chi connectivity index (χ0) is 13.7. The molecule has 1 nitrogen and oxygen atoms in total. The van der Waals surface area contributed by atoms with E-state index in [-0.39, 0.29) is 5.56 Å². The van der Waals surface area contributed by atoms with Gasteiger partial charge in [0.15, 0.2) is 0 Å². The van der Waals surface area contributed by atoms with Crippen LogP contribution in [0, 0.1) is 17.6 Å². The summed E-state index contributed by atoms with van der Waals surface area (Å²) in [5.41, 5.74) is 0.262. The SMILES string of the molecule is CCCNC1CCCCC1Cc1c(F)cccc1F. The lowest BCUT2D eigenvalue weighted by Gasteiger charge is -2.32. The van der Waals surface area contributed by atoms with Gasteiger partial charge >= 0.3 is 0 Å². The van der Waals surface area contributed by atoms with Gasteiger partial charge in [0.25, 0.3) is 0 Å². The number of rotatable bonds is 5. The molecule has 1 aromatic carbocycles. The first kappa shape index (κ1) is 14.4. The molecule has 19 heavy (non-hydrogen) atoms. The van der Waals surface area contributed by atoms with E-state index in [1.165, 1.54) is 31.0 Å². The maximum atomic E-state index is 13.7. The Hall–Kier alpha value is -0.960. The summed E-state index contributed by atoms with van der Waals surface area (Å²) in [6.45, 7) is 3.13. The van der Waals surface area contributed by atoms with Crippen LogP contribution in [0.5, 0.6) is 0 Å². The molecule has 0 saturated heterocycles. The highest BCUT2D eigenvalue weighted by molar-refractivity contribution is 5.20. The fraction of sp³-hybridized carbons (Fsp3) is 0.625. The van der Waals surface area contributed by atoms with Crippen molar-refractivity contribution in [3.63, 3.8) is 0 Å². The molecule has 3 heteroatoms. The maximum absolute atomic E-state index is 13.7. The molecule has 2 rings (SSSR count). The number of nitrogens with one attached hydrogen (secondary N) is 1. The van der Waals surface area contributed by atoms with Gasteiger partial charge < -0.3 is 5.32 Å². The van der Waals surface area contributed by atoms with E-state index in [2.05, 4.69) is 12.2 Å². The van der Waals surface area contributed by atoms with Crippen molar-refractivity contribution in [2.45, 2.75) is 51.5 Å². The van der Waals surface area contributed by atoms with Gasteiger partial charge in [-0.3, -0.25) is 0 Å². The Morgan fingerprint density at radius 1 is 1.16 bits per heavy atom. The highest BCUT2D eigenvalue weighted by Crippen LogP contribution is 2.29. The first-order valence-corrected chi connectivity index (χ1v) is 7.38. The minimum Gasteiger partial charge on any atom is -0.314 e. The minimum absolute atomic E-state index is 0.262. The van der Waals surface area contributed by atoms with Gasteiger partial charge in [0.2, 0.25) is 0 Å². The van der Waals surface area contributed by atoms with Crippen molar-refractivity contribution in [3.05, 3.63) is 35.4 Å². The van der Waals surface area contributed by atoms with Gasteiger partial charge in [-0.2, -0.15) is 0 Å². The standard InChI is InChI=1S/C16H23F2N/c1-2-10-19-16-9-4-3-6-12(16)11-13-14(17)7-5-8-15(13)18/h5,7-8,12,16,19H,2-4,6,9-11H2,1H3. The topological polar surface area (TPSA) is 12.0 Å². The first-order chi connectivity index (χ1) is 9.22. The lowest BCUT2D eigenvalue weighted by molar-refractivity contribution is 0.257. The number of halogens is 2. The molecular weight excluding hydrogens is 244 g/mol. The highest BCUT2D eigenvalue weighted by atomic mass is 19.1. The van der Waals surface area contributed by atoms with E-state index in [1.54, 1.807) is 0 Å². The van der Waals surface area contributed by atoms with Crippen molar-refractivity contribution in [2.24, 2.45) is 5.92 Å². The van der Waals surface area contributed by atoms with Crippen molar-refractivity contribution < 1.29 is 8.78 Å². The molecule has 0 aliphatic heterocycles. The van der Waals surface area contributed by atoms with Crippen molar-refractivity contribution >= 4 is 0 Å². The maximum Gasteiger partial charge on any atom is 0.129 e. The molecule has 1 aromatic rings. The van der Waals surface area contributed by atoms with Crippen LogP contribution >= 0.6 is 0 Å². The summed E-state index contributed by atoms with van der Waals surface area (Å²) in [6, 6.07) is 4.56. The molecule has 0 heterocycles. The second-order valence-corrected chi connectivity index (χ2v) is 5.51. The van der Waals surface area contributed by atoms with Gasteiger partial charge in [-0.1, -0.05) is 25.8 Å². The third-order valence-corrected chi connectivity index (χ3v) is 4.09. The molecule has 0 amide bonds. The zero-order valence-electron chi connectivity index (χ0n) is 11.6. The Morgan fingerprint density at radius 3 is 2.53 bits per heavy atom. The first-order valence-electron chi connectivity index (χ1n) is 7.38. The molecule has 2 unspecified atom stereocenters. The fourth-order valence-corrected chi connectivity index (χ4v) is 3.04. The van der Waals surface area contributed by atoms with Crippen molar-refractivity contribution in [1.82, 2.24) is 5.32 Å². The van der Waals surface area contributed by atoms with Gasteiger partial charge in [0.1, 0.15) is 11.6 Å². The summed E-state index contributed by atoms with van der Waals surface area (Å²) in [4.78, 5) is 0. The predicted octanol–water partition coefficient (Wildman–Crippen LogP) is 4.07. The predicted molar refractivity (Wildman–Crippen MR) is 74.1 cm³/mol. The van der Waals surface area contributed by atoms with Crippen LogP contribution < -0.4 is 5.32 Å². The minimum atomic E-state index is -0.403. The third kappa shape index (κ3) is 3.75. The van der Waals surface area contributed by atoms with E-state index in [1.807, 2.05) is 0 Å². The van der Waals surface area contributed by atoms with Crippen LogP contribution in [0.2, 0.25) is 0 Å². The van der Waals surface area contributed by atoms with Gasteiger partial charge in [-0.25, -0.2) is 8.78 Å². The molecule has 0 aromatic heterocycles. The van der Waals surface area contributed by atoms with E-state index in [0.29, 0.717) is 18.4 Å². The molecule has 1 saturated carbocycles. The molecule has 1 aliphatic carbocycles. The third-order valence-electron chi connectivity index (χ3n) is 4.09. The van der Waals surface area contributed by atoms with Crippen LogP contribution in [0.15, 0.2) is 18.2 Å². The normalized spacial score (nSPS) is 23.5. The zero-order valence-corrected chi connectivity index (χ0v) is 11.6. The number of benzene rings is 1. The molecule has 1 N–H and O–H groups in total. The summed E-state index contributed by atoms with van der Waals surface area (Å²) < 4.78 is 27.4. The molecule has 2 atom stereocenters. The molecule has 0 radical (unpaired) electrons. The van der Waals surface area contributed by atoms with Crippen LogP contribution in [0.3, 0.4) is 0 Å². The second-order valence-electron chi connectivity index (χ2n) is 5.51. The van der Waals surface area contributed by atoms with Crippen molar-refractivity contribution in [1.29, 1.82) is 0 Å². The van der Waals surface area contributed by atoms with E-state index < -0.39 is 11.6 Å². The fourth-order valence-electron chi connectivity index (χ4n) is 3.04. The van der Waals surface area contributed by atoms with Gasteiger partial charge in [-0.05, 0) is 50.3 Å². The van der Waals surface area contributed by atoms with Crippen molar-refractivity contribution in [2.75, 3.05) is 6.54 Å². The number of hydrogen-bond acceptors (Lipinski definition) is 1. The Morgan fingerprint density at radius 2 is 1.84 bits per heavy atom. The lowest BCUT2D eigenvalue weighted by atomic mass is 9.80.